The Morgan fingerprint density at radius 3 is 2.70 bits per heavy atom. The Balaban J connectivity index is 1.54. The number of fused-ring (bicyclic) bond motifs is 1. The largest absolute Gasteiger partial charge is 0.299 e. The van der Waals surface area contributed by atoms with E-state index in [9.17, 15) is 4.39 Å². The van der Waals surface area contributed by atoms with Crippen molar-refractivity contribution in [3.63, 3.8) is 0 Å². The van der Waals surface area contributed by atoms with Gasteiger partial charge in [0.1, 0.15) is 5.82 Å². The van der Waals surface area contributed by atoms with Gasteiger partial charge < -0.3 is 0 Å². The van der Waals surface area contributed by atoms with Crippen LogP contribution in [0.1, 0.15) is 23.1 Å². The van der Waals surface area contributed by atoms with E-state index in [0.717, 1.165) is 44.5 Å². The van der Waals surface area contributed by atoms with Crippen LogP contribution in [0.2, 0.25) is 0 Å². The van der Waals surface area contributed by atoms with Crippen molar-refractivity contribution in [1.29, 1.82) is 0 Å². The second kappa shape index (κ2) is 6.19. The smallest absolute Gasteiger partial charge is 0.127 e. The summed E-state index contributed by atoms with van der Waals surface area (Å²) in [6.07, 6.45) is 3.20. The molecule has 0 N–H and O–H groups in total. The summed E-state index contributed by atoms with van der Waals surface area (Å²) < 4.78 is 13.8. The minimum atomic E-state index is -0.0461. The van der Waals surface area contributed by atoms with E-state index in [4.69, 9.17) is 0 Å². The minimum absolute atomic E-state index is 0.0461. The molecule has 2 aromatic rings. The number of hydrogen-bond acceptors (Lipinski definition) is 1. The Bertz CT molecular complexity index is 565. The zero-order valence-corrected chi connectivity index (χ0v) is 11.7. The predicted molar refractivity (Wildman–Crippen MR) is 80.1 cm³/mol. The van der Waals surface area contributed by atoms with Crippen molar-refractivity contribution in [3.05, 3.63) is 71.0 Å². The van der Waals surface area contributed by atoms with Crippen LogP contribution in [0, 0.1) is 5.82 Å². The molecule has 2 heteroatoms. The van der Waals surface area contributed by atoms with Crippen LogP contribution in [-0.2, 0) is 19.4 Å². The predicted octanol–water partition coefficient (Wildman–Crippen LogP) is 3.82. The molecule has 1 aliphatic rings. The van der Waals surface area contributed by atoms with Crippen LogP contribution in [0.25, 0.3) is 0 Å². The van der Waals surface area contributed by atoms with Gasteiger partial charge in [-0.1, -0.05) is 42.5 Å². The minimum Gasteiger partial charge on any atom is -0.299 e. The molecule has 104 valence electrons. The average molecular weight is 269 g/mol. The van der Waals surface area contributed by atoms with Crippen LogP contribution < -0.4 is 0 Å². The van der Waals surface area contributed by atoms with Crippen molar-refractivity contribution in [2.45, 2.75) is 25.8 Å². The van der Waals surface area contributed by atoms with Gasteiger partial charge in [0.2, 0.25) is 0 Å². The highest BCUT2D eigenvalue weighted by atomic mass is 19.1. The molecule has 0 aliphatic carbocycles. The van der Waals surface area contributed by atoms with Crippen LogP contribution in [0.3, 0.4) is 0 Å². The highest BCUT2D eigenvalue weighted by Crippen LogP contribution is 2.21. The van der Waals surface area contributed by atoms with Gasteiger partial charge in [0.25, 0.3) is 0 Å². The molecular weight excluding hydrogens is 249 g/mol. The molecule has 0 amide bonds. The molecule has 20 heavy (non-hydrogen) atoms. The highest BCUT2D eigenvalue weighted by Gasteiger charge is 2.18. The molecule has 0 spiro atoms. The molecule has 0 atom stereocenters. The molecule has 0 fully saturated rings. The van der Waals surface area contributed by atoms with Gasteiger partial charge in [-0.15, -0.1) is 0 Å². The molecule has 0 bridgehead atoms. The van der Waals surface area contributed by atoms with Crippen LogP contribution in [0.5, 0.6) is 0 Å². The first-order valence-corrected chi connectivity index (χ1v) is 7.35. The number of benzene rings is 2. The fourth-order valence-corrected chi connectivity index (χ4v) is 2.94. The maximum atomic E-state index is 13.8. The standard InChI is InChI=1S/C18H20FN/c19-18-10-4-9-16-11-13-20(14-17(16)18)12-5-8-15-6-2-1-3-7-15/h1-4,6-7,9-10H,5,8,11-14H2. The fraction of sp³-hybridized carbons (Fsp3) is 0.333. The lowest BCUT2D eigenvalue weighted by Gasteiger charge is -2.28. The monoisotopic (exact) mass is 269 g/mol. The van der Waals surface area contributed by atoms with Gasteiger partial charge in [-0.3, -0.25) is 4.90 Å². The van der Waals surface area contributed by atoms with Gasteiger partial charge in [-0.25, -0.2) is 4.39 Å². The van der Waals surface area contributed by atoms with E-state index in [1.165, 1.54) is 11.1 Å². The van der Waals surface area contributed by atoms with Crippen LogP contribution in [-0.4, -0.2) is 18.0 Å². The molecule has 0 radical (unpaired) electrons. The maximum absolute atomic E-state index is 13.8. The van der Waals surface area contributed by atoms with E-state index in [1.807, 2.05) is 12.1 Å². The van der Waals surface area contributed by atoms with E-state index in [0.29, 0.717) is 0 Å². The highest BCUT2D eigenvalue weighted by molar-refractivity contribution is 5.30. The first-order valence-electron chi connectivity index (χ1n) is 7.35. The quantitative estimate of drug-likeness (QED) is 0.815. The van der Waals surface area contributed by atoms with Gasteiger partial charge in [-0.2, -0.15) is 0 Å². The Morgan fingerprint density at radius 2 is 1.85 bits per heavy atom. The molecule has 0 unspecified atom stereocenters. The lowest BCUT2D eigenvalue weighted by Crippen LogP contribution is -2.32. The normalized spacial score (nSPS) is 15.1. The van der Waals surface area contributed by atoms with E-state index >= 15 is 0 Å². The molecule has 3 rings (SSSR count). The summed E-state index contributed by atoms with van der Waals surface area (Å²) in [5.74, 6) is -0.0461. The van der Waals surface area contributed by atoms with Gasteiger partial charge in [-0.05, 0) is 43.0 Å². The second-order valence-corrected chi connectivity index (χ2v) is 5.49. The number of hydrogen-bond donors (Lipinski definition) is 0. The third kappa shape index (κ3) is 3.07. The lowest BCUT2D eigenvalue weighted by atomic mass is 9.99. The first-order chi connectivity index (χ1) is 9.83. The summed E-state index contributed by atoms with van der Waals surface area (Å²) in [6.45, 7) is 2.85. The zero-order chi connectivity index (χ0) is 13.8. The lowest BCUT2D eigenvalue weighted by molar-refractivity contribution is 0.246. The summed E-state index contributed by atoms with van der Waals surface area (Å²) in [5.41, 5.74) is 3.47. The van der Waals surface area contributed by atoms with Crippen molar-refractivity contribution in [2.24, 2.45) is 0 Å². The average Bonchev–Trinajstić information content (AvgIpc) is 2.49. The summed E-state index contributed by atoms with van der Waals surface area (Å²) in [4.78, 5) is 2.37. The molecule has 0 saturated heterocycles. The van der Waals surface area contributed by atoms with Gasteiger partial charge >= 0.3 is 0 Å². The summed E-state index contributed by atoms with van der Waals surface area (Å²) in [6, 6.07) is 16.0. The molecule has 1 heterocycles. The SMILES string of the molecule is Fc1cccc2c1CN(CCCc1ccccc1)CC2. The zero-order valence-electron chi connectivity index (χ0n) is 11.7. The second-order valence-electron chi connectivity index (χ2n) is 5.49. The van der Waals surface area contributed by atoms with Crippen molar-refractivity contribution in [1.82, 2.24) is 4.90 Å². The first kappa shape index (κ1) is 13.3. The molecule has 1 nitrogen and oxygen atoms in total. The molecule has 1 aliphatic heterocycles. The summed E-state index contributed by atoms with van der Waals surface area (Å²) in [5, 5.41) is 0. The van der Waals surface area contributed by atoms with E-state index < -0.39 is 0 Å². The molecule has 0 aromatic heterocycles. The third-order valence-corrected chi connectivity index (χ3v) is 4.08. The molecule has 2 aromatic carbocycles. The van der Waals surface area contributed by atoms with Crippen molar-refractivity contribution in [2.75, 3.05) is 13.1 Å². The molecule has 0 saturated carbocycles. The van der Waals surface area contributed by atoms with Crippen molar-refractivity contribution in [3.8, 4) is 0 Å². The Hall–Kier alpha value is -1.67. The van der Waals surface area contributed by atoms with Crippen molar-refractivity contribution >= 4 is 0 Å². The third-order valence-electron chi connectivity index (χ3n) is 4.08. The number of aryl methyl sites for hydroxylation is 1. The fourth-order valence-electron chi connectivity index (χ4n) is 2.94. The number of nitrogens with zero attached hydrogens (tertiary/aromatic N) is 1. The Kier molecular flexibility index (Phi) is 4.12. The van der Waals surface area contributed by atoms with Gasteiger partial charge in [0.05, 0.1) is 0 Å². The van der Waals surface area contributed by atoms with E-state index in [1.54, 1.807) is 6.07 Å². The topological polar surface area (TPSA) is 3.24 Å². The summed E-state index contributed by atoms with van der Waals surface area (Å²) in [7, 11) is 0. The number of halogens is 1. The number of rotatable bonds is 4. The van der Waals surface area contributed by atoms with Gasteiger partial charge in [0.15, 0.2) is 0 Å². The summed E-state index contributed by atoms with van der Waals surface area (Å²) >= 11 is 0. The van der Waals surface area contributed by atoms with Crippen LogP contribution in [0.4, 0.5) is 4.39 Å². The maximum Gasteiger partial charge on any atom is 0.127 e. The van der Waals surface area contributed by atoms with E-state index in [2.05, 4.69) is 35.2 Å². The van der Waals surface area contributed by atoms with Crippen LogP contribution in [0.15, 0.2) is 48.5 Å². The Morgan fingerprint density at radius 1 is 1.00 bits per heavy atom. The van der Waals surface area contributed by atoms with Crippen molar-refractivity contribution < 1.29 is 4.39 Å². The van der Waals surface area contributed by atoms with Gasteiger partial charge in [0, 0.05) is 18.7 Å². The van der Waals surface area contributed by atoms with Crippen LogP contribution >= 0.6 is 0 Å². The Labute approximate surface area is 120 Å². The van der Waals surface area contributed by atoms with E-state index in [-0.39, 0.29) is 5.82 Å². The molecular formula is C18H20FN.